The molecule has 136 valence electrons. The molecule has 27 heavy (non-hydrogen) atoms. The van der Waals surface area contributed by atoms with Crippen LogP contribution < -0.4 is 11.5 Å². The summed E-state index contributed by atoms with van der Waals surface area (Å²) >= 11 is 0. The highest BCUT2D eigenvalue weighted by molar-refractivity contribution is 5.95. The van der Waals surface area contributed by atoms with Gasteiger partial charge in [0.25, 0.3) is 0 Å². The molecular weight excluding hydrogens is 336 g/mol. The van der Waals surface area contributed by atoms with Crippen LogP contribution in [-0.2, 0) is 18.0 Å². The molecule has 5 heteroatoms. The Hall–Kier alpha value is -3.44. The number of nitrogens with two attached hydrogens (primary N) is 2. The van der Waals surface area contributed by atoms with Crippen LogP contribution in [0.15, 0.2) is 72.8 Å². The molecule has 0 unspecified atom stereocenters. The second-order valence-electron chi connectivity index (χ2n) is 6.25. The molecule has 0 saturated heterocycles. The SMILES string of the molecule is N=C(N)c1ccc(COCc2ccccc2-c2ccc(C(=N)N)cc2)cc1. The maximum atomic E-state index is 7.50. The largest absolute Gasteiger partial charge is 0.384 e. The second-order valence-corrected chi connectivity index (χ2v) is 6.25. The highest BCUT2D eigenvalue weighted by atomic mass is 16.5. The fraction of sp³-hybridized carbons (Fsp3) is 0.0909. The van der Waals surface area contributed by atoms with E-state index in [0.717, 1.165) is 22.3 Å². The minimum absolute atomic E-state index is 0.0622. The minimum atomic E-state index is 0.0622. The van der Waals surface area contributed by atoms with E-state index >= 15 is 0 Å². The number of rotatable bonds is 7. The minimum Gasteiger partial charge on any atom is -0.384 e. The van der Waals surface area contributed by atoms with Gasteiger partial charge in [-0.25, -0.2) is 0 Å². The van der Waals surface area contributed by atoms with E-state index in [9.17, 15) is 0 Å². The van der Waals surface area contributed by atoms with Crippen LogP contribution in [0.25, 0.3) is 11.1 Å². The van der Waals surface area contributed by atoms with E-state index in [1.165, 1.54) is 0 Å². The lowest BCUT2D eigenvalue weighted by atomic mass is 9.99. The zero-order valence-corrected chi connectivity index (χ0v) is 14.9. The van der Waals surface area contributed by atoms with Gasteiger partial charge >= 0.3 is 0 Å². The van der Waals surface area contributed by atoms with E-state index in [2.05, 4.69) is 6.07 Å². The van der Waals surface area contributed by atoms with Crippen LogP contribution in [0.5, 0.6) is 0 Å². The third-order valence-corrected chi connectivity index (χ3v) is 4.32. The van der Waals surface area contributed by atoms with Crippen molar-refractivity contribution in [3.05, 3.63) is 95.1 Å². The summed E-state index contributed by atoms with van der Waals surface area (Å²) in [5, 5.41) is 14.9. The molecule has 5 nitrogen and oxygen atoms in total. The number of hydrogen-bond acceptors (Lipinski definition) is 3. The van der Waals surface area contributed by atoms with Gasteiger partial charge in [0.15, 0.2) is 0 Å². The molecule has 0 atom stereocenters. The van der Waals surface area contributed by atoms with Crippen LogP contribution in [0.2, 0.25) is 0 Å². The Morgan fingerprint density at radius 1 is 0.704 bits per heavy atom. The third-order valence-electron chi connectivity index (χ3n) is 4.32. The number of benzene rings is 3. The zero-order chi connectivity index (χ0) is 19.2. The summed E-state index contributed by atoms with van der Waals surface area (Å²) in [6, 6.07) is 23.2. The maximum absolute atomic E-state index is 7.50. The molecule has 0 aliphatic rings. The quantitative estimate of drug-likeness (QED) is 0.382. The Bertz CT molecular complexity index is 947. The lowest BCUT2D eigenvalue weighted by Gasteiger charge is -2.11. The Balaban J connectivity index is 1.69. The molecule has 0 amide bonds. The maximum Gasteiger partial charge on any atom is 0.122 e. The van der Waals surface area contributed by atoms with E-state index < -0.39 is 0 Å². The lowest BCUT2D eigenvalue weighted by Crippen LogP contribution is -2.10. The first-order valence-corrected chi connectivity index (χ1v) is 8.58. The summed E-state index contributed by atoms with van der Waals surface area (Å²) in [6.45, 7) is 0.967. The fourth-order valence-electron chi connectivity index (χ4n) is 2.82. The van der Waals surface area contributed by atoms with Gasteiger partial charge in [0.05, 0.1) is 13.2 Å². The molecule has 3 rings (SSSR count). The average molecular weight is 358 g/mol. The van der Waals surface area contributed by atoms with Crippen molar-refractivity contribution in [2.45, 2.75) is 13.2 Å². The topological polar surface area (TPSA) is 109 Å². The summed E-state index contributed by atoms with van der Waals surface area (Å²) in [5.41, 5.74) is 16.7. The van der Waals surface area contributed by atoms with Gasteiger partial charge in [-0.05, 0) is 22.3 Å². The lowest BCUT2D eigenvalue weighted by molar-refractivity contribution is 0.107. The molecule has 0 aromatic heterocycles. The molecule has 6 N–H and O–H groups in total. The van der Waals surface area contributed by atoms with Crippen LogP contribution in [0.3, 0.4) is 0 Å². The van der Waals surface area contributed by atoms with Gasteiger partial charge in [0, 0.05) is 11.1 Å². The van der Waals surface area contributed by atoms with E-state index in [4.69, 9.17) is 27.0 Å². The molecule has 0 aliphatic carbocycles. The first kappa shape index (κ1) is 18.4. The van der Waals surface area contributed by atoms with Crippen LogP contribution in [0, 0.1) is 10.8 Å². The molecule has 0 spiro atoms. The Labute approximate surface area is 158 Å². The van der Waals surface area contributed by atoms with E-state index in [-0.39, 0.29) is 11.7 Å². The van der Waals surface area contributed by atoms with Crippen molar-refractivity contribution >= 4 is 11.7 Å². The van der Waals surface area contributed by atoms with E-state index in [1.54, 1.807) is 0 Å². The van der Waals surface area contributed by atoms with Crippen molar-refractivity contribution in [1.82, 2.24) is 0 Å². The predicted molar refractivity (Wildman–Crippen MR) is 109 cm³/mol. The van der Waals surface area contributed by atoms with Crippen molar-refractivity contribution in [3.63, 3.8) is 0 Å². The van der Waals surface area contributed by atoms with Gasteiger partial charge in [-0.3, -0.25) is 10.8 Å². The van der Waals surface area contributed by atoms with E-state index in [1.807, 2.05) is 66.7 Å². The van der Waals surface area contributed by atoms with Gasteiger partial charge < -0.3 is 16.2 Å². The smallest absolute Gasteiger partial charge is 0.122 e. The van der Waals surface area contributed by atoms with Crippen molar-refractivity contribution in [1.29, 1.82) is 10.8 Å². The molecule has 3 aromatic rings. The molecule has 0 aliphatic heterocycles. The highest BCUT2D eigenvalue weighted by Gasteiger charge is 2.06. The third kappa shape index (κ3) is 4.59. The van der Waals surface area contributed by atoms with Crippen molar-refractivity contribution < 1.29 is 4.74 Å². The fourth-order valence-corrected chi connectivity index (χ4v) is 2.82. The van der Waals surface area contributed by atoms with Gasteiger partial charge in [0.2, 0.25) is 0 Å². The van der Waals surface area contributed by atoms with Gasteiger partial charge in [-0.2, -0.15) is 0 Å². The monoisotopic (exact) mass is 358 g/mol. The number of nitrogen functional groups attached to an aromatic ring is 2. The van der Waals surface area contributed by atoms with Crippen molar-refractivity contribution in [3.8, 4) is 11.1 Å². The molecule has 3 aromatic carbocycles. The van der Waals surface area contributed by atoms with E-state index in [0.29, 0.717) is 24.3 Å². The molecule has 0 radical (unpaired) electrons. The molecule has 0 heterocycles. The van der Waals surface area contributed by atoms with Gasteiger partial charge in [0.1, 0.15) is 11.7 Å². The van der Waals surface area contributed by atoms with Crippen LogP contribution in [0.1, 0.15) is 22.3 Å². The standard InChI is InChI=1S/C22H22N4O/c23-21(24)17-7-5-15(6-8-17)13-27-14-19-3-1-2-4-20(19)16-9-11-18(12-10-16)22(25)26/h1-12H,13-14H2,(H3,23,24)(H3,25,26). The normalized spacial score (nSPS) is 10.5. The number of hydrogen-bond donors (Lipinski definition) is 4. The molecular formula is C22H22N4O. The summed E-state index contributed by atoms with van der Waals surface area (Å²) in [5.74, 6) is 0.126. The zero-order valence-electron chi connectivity index (χ0n) is 14.9. The average Bonchev–Trinajstić information content (AvgIpc) is 2.69. The highest BCUT2D eigenvalue weighted by Crippen LogP contribution is 2.25. The van der Waals surface area contributed by atoms with Gasteiger partial charge in [-0.15, -0.1) is 0 Å². The second kappa shape index (κ2) is 8.29. The van der Waals surface area contributed by atoms with Crippen LogP contribution in [-0.4, -0.2) is 11.7 Å². The molecule has 0 bridgehead atoms. The summed E-state index contributed by atoms with van der Waals surface area (Å²) < 4.78 is 5.89. The van der Waals surface area contributed by atoms with Crippen LogP contribution >= 0.6 is 0 Å². The Kier molecular flexibility index (Phi) is 5.64. The van der Waals surface area contributed by atoms with Gasteiger partial charge in [-0.1, -0.05) is 72.8 Å². The molecule has 0 fully saturated rings. The van der Waals surface area contributed by atoms with Crippen molar-refractivity contribution in [2.24, 2.45) is 11.5 Å². The Morgan fingerprint density at radius 2 is 1.26 bits per heavy atom. The Morgan fingerprint density at radius 3 is 1.85 bits per heavy atom. The number of nitrogens with one attached hydrogen (secondary N) is 2. The number of ether oxygens (including phenoxy) is 1. The van der Waals surface area contributed by atoms with Crippen LogP contribution in [0.4, 0.5) is 0 Å². The van der Waals surface area contributed by atoms with Crippen molar-refractivity contribution in [2.75, 3.05) is 0 Å². The predicted octanol–water partition coefficient (Wildman–Crippen LogP) is 3.64. The summed E-state index contributed by atoms with van der Waals surface area (Å²) in [7, 11) is 0. The summed E-state index contributed by atoms with van der Waals surface area (Å²) in [6.07, 6.45) is 0. The first-order chi connectivity index (χ1) is 13.0. The summed E-state index contributed by atoms with van der Waals surface area (Å²) in [4.78, 5) is 0. The first-order valence-electron chi connectivity index (χ1n) is 8.58. The molecule has 0 saturated carbocycles. The number of amidine groups is 2.